The molecule has 0 spiro atoms. The summed E-state index contributed by atoms with van der Waals surface area (Å²) in [5.41, 5.74) is 5.53. The van der Waals surface area contributed by atoms with Gasteiger partial charge in [0.15, 0.2) is 0 Å². The average Bonchev–Trinajstić information content (AvgIpc) is 2.39. The highest BCUT2D eigenvalue weighted by Crippen LogP contribution is 2.25. The fourth-order valence-electron chi connectivity index (χ4n) is 2.43. The van der Waals surface area contributed by atoms with Crippen molar-refractivity contribution in [3.8, 4) is 0 Å². The van der Waals surface area contributed by atoms with Crippen LogP contribution in [0.15, 0.2) is 0 Å². The summed E-state index contributed by atoms with van der Waals surface area (Å²) in [6, 6.07) is 0.825. The molecule has 2 nitrogen and oxygen atoms in total. The lowest BCUT2D eigenvalue weighted by Gasteiger charge is -2.26. The molecule has 0 radical (unpaired) electrons. The maximum atomic E-state index is 5.53. The minimum Gasteiger partial charge on any atom is -0.330 e. The van der Waals surface area contributed by atoms with Gasteiger partial charge in [0.25, 0.3) is 0 Å². The van der Waals surface area contributed by atoms with Gasteiger partial charge >= 0.3 is 0 Å². The van der Waals surface area contributed by atoms with Gasteiger partial charge < -0.3 is 10.6 Å². The van der Waals surface area contributed by atoms with E-state index < -0.39 is 0 Å². The van der Waals surface area contributed by atoms with Crippen molar-refractivity contribution in [1.29, 1.82) is 0 Å². The normalized spacial score (nSPS) is 29.1. The van der Waals surface area contributed by atoms with Gasteiger partial charge in [0.2, 0.25) is 0 Å². The van der Waals surface area contributed by atoms with Crippen molar-refractivity contribution < 1.29 is 0 Å². The number of nitrogens with zero attached hydrogens (tertiary/aromatic N) is 1. The van der Waals surface area contributed by atoms with E-state index in [9.17, 15) is 0 Å². The van der Waals surface area contributed by atoms with E-state index in [2.05, 4.69) is 18.9 Å². The SMILES string of the molecule is CC1CCCC(N(C)CCCN)CC1. The zero-order chi connectivity index (χ0) is 10.4. The summed E-state index contributed by atoms with van der Waals surface area (Å²) in [6.07, 6.45) is 8.19. The van der Waals surface area contributed by atoms with E-state index >= 15 is 0 Å². The minimum atomic E-state index is 0.825. The van der Waals surface area contributed by atoms with Gasteiger partial charge in [-0.15, -0.1) is 0 Å². The maximum Gasteiger partial charge on any atom is 0.00923 e. The van der Waals surface area contributed by atoms with Crippen LogP contribution in [0, 0.1) is 5.92 Å². The van der Waals surface area contributed by atoms with E-state index in [1.807, 2.05) is 0 Å². The predicted molar refractivity (Wildman–Crippen MR) is 62.3 cm³/mol. The van der Waals surface area contributed by atoms with Crippen molar-refractivity contribution in [3.05, 3.63) is 0 Å². The third-order valence-corrected chi connectivity index (χ3v) is 3.57. The zero-order valence-electron chi connectivity index (χ0n) is 9.84. The number of hydrogen-bond acceptors (Lipinski definition) is 2. The van der Waals surface area contributed by atoms with Crippen LogP contribution < -0.4 is 5.73 Å². The first kappa shape index (κ1) is 12.0. The highest BCUT2D eigenvalue weighted by atomic mass is 15.1. The van der Waals surface area contributed by atoms with Gasteiger partial charge in [0.05, 0.1) is 0 Å². The fourth-order valence-corrected chi connectivity index (χ4v) is 2.43. The van der Waals surface area contributed by atoms with Crippen molar-refractivity contribution in [1.82, 2.24) is 4.90 Å². The fraction of sp³-hybridized carbons (Fsp3) is 1.00. The van der Waals surface area contributed by atoms with Gasteiger partial charge in [-0.25, -0.2) is 0 Å². The van der Waals surface area contributed by atoms with E-state index in [-0.39, 0.29) is 0 Å². The lowest BCUT2D eigenvalue weighted by Crippen LogP contribution is -2.33. The highest BCUT2D eigenvalue weighted by Gasteiger charge is 2.18. The van der Waals surface area contributed by atoms with Crippen LogP contribution in [-0.4, -0.2) is 31.1 Å². The zero-order valence-corrected chi connectivity index (χ0v) is 9.84. The third kappa shape index (κ3) is 3.97. The predicted octanol–water partition coefficient (Wildman–Crippen LogP) is 2.24. The summed E-state index contributed by atoms with van der Waals surface area (Å²) < 4.78 is 0. The Labute approximate surface area is 88.8 Å². The Bertz CT molecular complexity index is 147. The second-order valence-electron chi connectivity index (χ2n) is 4.89. The molecular weight excluding hydrogens is 172 g/mol. The van der Waals surface area contributed by atoms with Crippen molar-refractivity contribution in [2.45, 2.75) is 51.5 Å². The molecule has 1 aliphatic carbocycles. The first-order valence-corrected chi connectivity index (χ1v) is 6.14. The van der Waals surface area contributed by atoms with Crippen LogP contribution in [0.1, 0.15) is 45.4 Å². The van der Waals surface area contributed by atoms with Gasteiger partial charge in [0, 0.05) is 6.04 Å². The Balaban J connectivity index is 2.27. The van der Waals surface area contributed by atoms with Gasteiger partial charge in [0.1, 0.15) is 0 Å². The molecule has 1 rings (SSSR count). The van der Waals surface area contributed by atoms with Crippen molar-refractivity contribution >= 4 is 0 Å². The summed E-state index contributed by atoms with van der Waals surface area (Å²) >= 11 is 0. The lowest BCUT2D eigenvalue weighted by atomic mass is 10.0. The second-order valence-corrected chi connectivity index (χ2v) is 4.89. The van der Waals surface area contributed by atoms with Gasteiger partial charge in [-0.2, -0.15) is 0 Å². The molecule has 0 aromatic carbocycles. The van der Waals surface area contributed by atoms with Crippen molar-refractivity contribution in [3.63, 3.8) is 0 Å². The number of hydrogen-bond donors (Lipinski definition) is 1. The summed E-state index contributed by atoms with van der Waals surface area (Å²) in [7, 11) is 2.26. The third-order valence-electron chi connectivity index (χ3n) is 3.57. The molecule has 0 amide bonds. The van der Waals surface area contributed by atoms with Crippen LogP contribution in [0.2, 0.25) is 0 Å². The monoisotopic (exact) mass is 198 g/mol. The topological polar surface area (TPSA) is 29.3 Å². The first-order valence-electron chi connectivity index (χ1n) is 6.14. The summed E-state index contributed by atoms with van der Waals surface area (Å²) in [6.45, 7) is 4.39. The molecule has 2 heteroatoms. The largest absolute Gasteiger partial charge is 0.330 e. The molecule has 84 valence electrons. The molecular formula is C12H26N2. The van der Waals surface area contributed by atoms with Crippen molar-refractivity contribution in [2.24, 2.45) is 11.7 Å². The van der Waals surface area contributed by atoms with E-state index in [1.165, 1.54) is 38.6 Å². The molecule has 1 aliphatic rings. The quantitative estimate of drug-likeness (QED) is 0.702. The molecule has 0 heterocycles. The molecule has 0 aromatic heterocycles. The number of rotatable bonds is 4. The average molecular weight is 198 g/mol. The van der Waals surface area contributed by atoms with E-state index in [0.29, 0.717) is 0 Å². The van der Waals surface area contributed by atoms with E-state index in [0.717, 1.165) is 24.9 Å². The smallest absolute Gasteiger partial charge is 0.00923 e. The van der Waals surface area contributed by atoms with Crippen molar-refractivity contribution in [2.75, 3.05) is 20.1 Å². The molecule has 1 saturated carbocycles. The molecule has 0 saturated heterocycles. The molecule has 1 fully saturated rings. The maximum absolute atomic E-state index is 5.53. The Morgan fingerprint density at radius 3 is 2.71 bits per heavy atom. The Morgan fingerprint density at radius 2 is 2.00 bits per heavy atom. The molecule has 0 bridgehead atoms. The first-order chi connectivity index (χ1) is 6.74. The van der Waals surface area contributed by atoms with Gasteiger partial charge in [-0.05, 0) is 51.7 Å². The van der Waals surface area contributed by atoms with E-state index in [1.54, 1.807) is 0 Å². The standard InChI is InChI=1S/C12H26N2/c1-11-5-3-6-12(8-7-11)14(2)10-4-9-13/h11-12H,3-10,13H2,1-2H3. The molecule has 2 N–H and O–H groups in total. The Hall–Kier alpha value is -0.0800. The van der Waals surface area contributed by atoms with Crippen LogP contribution in [-0.2, 0) is 0 Å². The Morgan fingerprint density at radius 1 is 1.21 bits per heavy atom. The summed E-state index contributed by atoms with van der Waals surface area (Å²) in [5, 5.41) is 0. The van der Waals surface area contributed by atoms with Crippen LogP contribution in [0.5, 0.6) is 0 Å². The molecule has 2 atom stereocenters. The molecule has 0 aliphatic heterocycles. The van der Waals surface area contributed by atoms with Crippen LogP contribution in [0.4, 0.5) is 0 Å². The van der Waals surface area contributed by atoms with Gasteiger partial charge in [-0.1, -0.05) is 19.8 Å². The highest BCUT2D eigenvalue weighted by molar-refractivity contribution is 4.74. The number of nitrogens with two attached hydrogens (primary N) is 1. The van der Waals surface area contributed by atoms with Crippen LogP contribution >= 0.6 is 0 Å². The van der Waals surface area contributed by atoms with Crippen LogP contribution in [0.3, 0.4) is 0 Å². The summed E-state index contributed by atoms with van der Waals surface area (Å²) in [4.78, 5) is 2.52. The molecule has 14 heavy (non-hydrogen) atoms. The Kier molecular flexibility index (Phi) is 5.49. The second kappa shape index (κ2) is 6.41. The van der Waals surface area contributed by atoms with Crippen LogP contribution in [0.25, 0.3) is 0 Å². The molecule has 2 unspecified atom stereocenters. The van der Waals surface area contributed by atoms with Gasteiger partial charge in [-0.3, -0.25) is 0 Å². The lowest BCUT2D eigenvalue weighted by molar-refractivity contribution is 0.218. The van der Waals surface area contributed by atoms with E-state index in [4.69, 9.17) is 5.73 Å². The summed E-state index contributed by atoms with van der Waals surface area (Å²) in [5.74, 6) is 0.947. The molecule has 0 aromatic rings. The minimum absolute atomic E-state index is 0.825.